The second-order valence-corrected chi connectivity index (χ2v) is 4.98. The Bertz CT molecular complexity index is 422. The summed E-state index contributed by atoms with van der Waals surface area (Å²) in [5, 5.41) is 0. The van der Waals surface area contributed by atoms with E-state index >= 15 is 0 Å². The molecule has 0 bridgehead atoms. The molecule has 0 spiro atoms. The highest BCUT2D eigenvalue weighted by atomic mass is 16.5. The Morgan fingerprint density at radius 3 is 2.10 bits per heavy atom. The van der Waals surface area contributed by atoms with E-state index in [0.717, 1.165) is 25.7 Å². The topological polar surface area (TPSA) is 52.6 Å². The van der Waals surface area contributed by atoms with Gasteiger partial charge in [-0.25, -0.2) is 0 Å². The van der Waals surface area contributed by atoms with Crippen LogP contribution in [0.25, 0.3) is 0 Å². The zero-order chi connectivity index (χ0) is 15.5. The lowest BCUT2D eigenvalue weighted by atomic mass is 10.1. The molecular weight excluding hydrogens is 268 g/mol. The van der Waals surface area contributed by atoms with E-state index in [1.54, 1.807) is 24.3 Å². The zero-order valence-electron chi connectivity index (χ0n) is 12.8. The minimum absolute atomic E-state index is 0.0300. The number of carbonyl (C=O) groups is 2. The Hall–Kier alpha value is -1.84. The molecule has 0 fully saturated rings. The average molecular weight is 292 g/mol. The molecule has 0 aromatic heterocycles. The molecular formula is C17H24O4. The van der Waals surface area contributed by atoms with E-state index in [1.165, 1.54) is 0 Å². The standard InChI is InChI=1S/C17H24O4/c1-3-8-14(9-4-2)20-16(18)12-13-17(19)21-15-10-6-5-7-11-15/h5-7,10-11,14H,3-4,8-9,12-13H2,1-2H3. The molecule has 4 heteroatoms. The summed E-state index contributed by atoms with van der Waals surface area (Å²) < 4.78 is 10.5. The first kappa shape index (κ1) is 17.2. The fraction of sp³-hybridized carbons (Fsp3) is 0.529. The van der Waals surface area contributed by atoms with Gasteiger partial charge in [-0.15, -0.1) is 0 Å². The van der Waals surface area contributed by atoms with Crippen molar-refractivity contribution in [2.24, 2.45) is 0 Å². The van der Waals surface area contributed by atoms with Gasteiger partial charge in [0, 0.05) is 0 Å². The summed E-state index contributed by atoms with van der Waals surface area (Å²) in [7, 11) is 0. The maximum Gasteiger partial charge on any atom is 0.311 e. The molecule has 1 aromatic carbocycles. The minimum atomic E-state index is -0.416. The lowest BCUT2D eigenvalue weighted by molar-refractivity contribution is -0.152. The molecule has 1 rings (SSSR count). The second-order valence-electron chi connectivity index (χ2n) is 4.98. The molecule has 21 heavy (non-hydrogen) atoms. The first-order valence-electron chi connectivity index (χ1n) is 7.60. The van der Waals surface area contributed by atoms with Crippen LogP contribution in [-0.2, 0) is 14.3 Å². The fourth-order valence-electron chi connectivity index (χ4n) is 2.03. The van der Waals surface area contributed by atoms with Crippen molar-refractivity contribution in [2.45, 2.75) is 58.5 Å². The van der Waals surface area contributed by atoms with Gasteiger partial charge in [0.05, 0.1) is 12.8 Å². The lowest BCUT2D eigenvalue weighted by Gasteiger charge is -2.16. The van der Waals surface area contributed by atoms with Crippen LogP contribution in [0, 0.1) is 0 Å². The summed E-state index contributed by atoms with van der Waals surface area (Å²) in [6.07, 6.45) is 3.77. The van der Waals surface area contributed by atoms with E-state index in [-0.39, 0.29) is 24.9 Å². The Labute approximate surface area is 126 Å². The van der Waals surface area contributed by atoms with Crippen molar-refractivity contribution in [1.29, 1.82) is 0 Å². The van der Waals surface area contributed by atoms with Crippen molar-refractivity contribution in [3.05, 3.63) is 30.3 Å². The summed E-state index contributed by atoms with van der Waals surface area (Å²) >= 11 is 0. The number of hydrogen-bond donors (Lipinski definition) is 0. The molecule has 4 nitrogen and oxygen atoms in total. The van der Waals surface area contributed by atoms with E-state index < -0.39 is 5.97 Å². The Kier molecular flexibility index (Phi) is 8.17. The highest BCUT2D eigenvalue weighted by Gasteiger charge is 2.15. The summed E-state index contributed by atoms with van der Waals surface area (Å²) in [5.41, 5.74) is 0. The van der Waals surface area contributed by atoms with Gasteiger partial charge in [0.1, 0.15) is 11.9 Å². The molecule has 0 saturated carbocycles. The van der Waals surface area contributed by atoms with Crippen molar-refractivity contribution in [1.82, 2.24) is 0 Å². The molecule has 0 saturated heterocycles. The van der Waals surface area contributed by atoms with Crippen molar-refractivity contribution >= 4 is 11.9 Å². The van der Waals surface area contributed by atoms with Crippen molar-refractivity contribution in [3.63, 3.8) is 0 Å². The van der Waals surface area contributed by atoms with Gasteiger partial charge in [-0.2, -0.15) is 0 Å². The number of esters is 2. The SMILES string of the molecule is CCCC(CCC)OC(=O)CCC(=O)Oc1ccccc1. The molecule has 0 radical (unpaired) electrons. The maximum atomic E-state index is 11.7. The smallest absolute Gasteiger partial charge is 0.311 e. The highest BCUT2D eigenvalue weighted by molar-refractivity contribution is 5.79. The molecule has 1 aromatic rings. The molecule has 116 valence electrons. The average Bonchev–Trinajstić information content (AvgIpc) is 2.47. The normalized spacial score (nSPS) is 10.4. The molecule has 0 atom stereocenters. The van der Waals surface area contributed by atoms with E-state index in [2.05, 4.69) is 13.8 Å². The lowest BCUT2D eigenvalue weighted by Crippen LogP contribution is -2.19. The Morgan fingerprint density at radius 2 is 1.52 bits per heavy atom. The first-order valence-corrected chi connectivity index (χ1v) is 7.60. The van der Waals surface area contributed by atoms with Gasteiger partial charge < -0.3 is 9.47 Å². The summed E-state index contributed by atoms with van der Waals surface area (Å²) in [6.45, 7) is 4.13. The monoisotopic (exact) mass is 292 g/mol. The van der Waals surface area contributed by atoms with Gasteiger partial charge >= 0.3 is 11.9 Å². The molecule has 0 amide bonds. The molecule has 0 aliphatic carbocycles. The van der Waals surface area contributed by atoms with E-state index in [4.69, 9.17) is 9.47 Å². The number of benzene rings is 1. The summed E-state index contributed by atoms with van der Waals surface area (Å²) in [6, 6.07) is 8.83. The molecule has 0 unspecified atom stereocenters. The van der Waals surface area contributed by atoms with Crippen LogP contribution in [-0.4, -0.2) is 18.0 Å². The Morgan fingerprint density at radius 1 is 0.952 bits per heavy atom. The van der Waals surface area contributed by atoms with Gasteiger partial charge in [0.2, 0.25) is 0 Å². The number of hydrogen-bond acceptors (Lipinski definition) is 4. The number of para-hydroxylation sites is 1. The van der Waals surface area contributed by atoms with Crippen molar-refractivity contribution in [2.75, 3.05) is 0 Å². The van der Waals surface area contributed by atoms with Gasteiger partial charge in [0.15, 0.2) is 0 Å². The van der Waals surface area contributed by atoms with Crippen LogP contribution >= 0.6 is 0 Å². The predicted molar refractivity (Wildman–Crippen MR) is 81.0 cm³/mol. The van der Waals surface area contributed by atoms with Gasteiger partial charge in [-0.3, -0.25) is 9.59 Å². The van der Waals surface area contributed by atoms with Gasteiger partial charge in [0.25, 0.3) is 0 Å². The third-order valence-electron chi connectivity index (χ3n) is 3.03. The molecule has 0 heterocycles. The summed E-state index contributed by atoms with van der Waals surface area (Å²) in [4.78, 5) is 23.4. The van der Waals surface area contributed by atoms with Gasteiger partial charge in [-0.05, 0) is 25.0 Å². The van der Waals surface area contributed by atoms with E-state index in [0.29, 0.717) is 5.75 Å². The van der Waals surface area contributed by atoms with Crippen LogP contribution in [0.4, 0.5) is 0 Å². The number of ether oxygens (including phenoxy) is 2. The highest BCUT2D eigenvalue weighted by Crippen LogP contribution is 2.12. The van der Waals surface area contributed by atoms with E-state index in [9.17, 15) is 9.59 Å². The van der Waals surface area contributed by atoms with Crippen molar-refractivity contribution < 1.29 is 19.1 Å². The van der Waals surface area contributed by atoms with Gasteiger partial charge in [-0.1, -0.05) is 44.9 Å². The molecule has 0 N–H and O–H groups in total. The summed E-state index contributed by atoms with van der Waals surface area (Å²) in [5.74, 6) is -0.252. The van der Waals surface area contributed by atoms with Crippen LogP contribution in [0.2, 0.25) is 0 Å². The zero-order valence-corrected chi connectivity index (χ0v) is 12.8. The van der Waals surface area contributed by atoms with Crippen LogP contribution in [0.5, 0.6) is 5.75 Å². The third kappa shape index (κ3) is 7.49. The maximum absolute atomic E-state index is 11.7. The van der Waals surface area contributed by atoms with Crippen molar-refractivity contribution in [3.8, 4) is 5.75 Å². The number of rotatable bonds is 9. The molecule has 0 aliphatic rings. The van der Waals surface area contributed by atoms with Crippen LogP contribution in [0.1, 0.15) is 52.4 Å². The van der Waals surface area contributed by atoms with E-state index in [1.807, 2.05) is 6.07 Å². The Balaban J connectivity index is 2.29. The second kappa shape index (κ2) is 9.97. The first-order chi connectivity index (χ1) is 10.2. The van der Waals surface area contributed by atoms with Crippen LogP contribution < -0.4 is 4.74 Å². The van der Waals surface area contributed by atoms with Crippen LogP contribution in [0.15, 0.2) is 30.3 Å². The number of carbonyl (C=O) groups excluding carboxylic acids is 2. The molecule has 0 aliphatic heterocycles. The predicted octanol–water partition coefficient (Wildman–Crippen LogP) is 3.88. The third-order valence-corrected chi connectivity index (χ3v) is 3.03. The van der Waals surface area contributed by atoms with Crippen LogP contribution in [0.3, 0.4) is 0 Å². The minimum Gasteiger partial charge on any atom is -0.462 e. The quantitative estimate of drug-likeness (QED) is 0.512. The fourth-order valence-corrected chi connectivity index (χ4v) is 2.03. The largest absolute Gasteiger partial charge is 0.462 e.